The molecule has 0 amide bonds. The molecule has 0 aliphatic carbocycles. The Balaban J connectivity index is 2.29. The molecule has 2 heterocycles. The molecular weight excluding hydrogens is 244 g/mol. The predicted molar refractivity (Wildman–Crippen MR) is 71.5 cm³/mol. The topological polar surface area (TPSA) is 53.4 Å². The first kappa shape index (κ1) is 14.1. The summed E-state index contributed by atoms with van der Waals surface area (Å²) >= 11 is 0. The lowest BCUT2D eigenvalue weighted by Crippen LogP contribution is -2.26. The van der Waals surface area contributed by atoms with Crippen molar-refractivity contribution in [1.29, 1.82) is 0 Å². The van der Waals surface area contributed by atoms with E-state index in [1.165, 1.54) is 0 Å². The van der Waals surface area contributed by atoms with Gasteiger partial charge in [0, 0.05) is 13.2 Å². The third-order valence-corrected chi connectivity index (χ3v) is 3.64. The molecular formula is C14H22N2O3. The molecule has 1 saturated heterocycles. The molecule has 19 heavy (non-hydrogen) atoms. The Morgan fingerprint density at radius 1 is 1.58 bits per heavy atom. The second kappa shape index (κ2) is 6.19. The summed E-state index contributed by atoms with van der Waals surface area (Å²) in [7, 11) is 1.58. The molecule has 0 aromatic carbocycles. The highest BCUT2D eigenvalue weighted by atomic mass is 16.5. The van der Waals surface area contributed by atoms with Crippen molar-refractivity contribution in [2.24, 2.45) is 5.92 Å². The zero-order chi connectivity index (χ0) is 13.8. The van der Waals surface area contributed by atoms with Crippen LogP contribution in [0.3, 0.4) is 0 Å². The van der Waals surface area contributed by atoms with Crippen LogP contribution in [0.15, 0.2) is 6.20 Å². The van der Waals surface area contributed by atoms with E-state index in [4.69, 9.17) is 9.47 Å². The Labute approximate surface area is 113 Å². The van der Waals surface area contributed by atoms with Crippen LogP contribution in [0.4, 0.5) is 0 Å². The Kier molecular flexibility index (Phi) is 4.58. The van der Waals surface area contributed by atoms with Crippen LogP contribution in [0.5, 0.6) is 5.75 Å². The highest BCUT2D eigenvalue weighted by molar-refractivity contribution is 5.99. The number of ketones is 1. The average Bonchev–Trinajstić information content (AvgIpc) is 3.04. The Morgan fingerprint density at radius 3 is 3.00 bits per heavy atom. The van der Waals surface area contributed by atoms with Crippen molar-refractivity contribution in [3.05, 3.63) is 11.9 Å². The van der Waals surface area contributed by atoms with Crippen LogP contribution in [0.2, 0.25) is 0 Å². The standard InChI is InChI=1S/C14H22N2O3/c1-4-7-16-13(12(18-3)9-15-16)14(17)10-6-8-19-11(10)5-2/h9-11H,4-8H2,1-3H3. The summed E-state index contributed by atoms with van der Waals surface area (Å²) in [5, 5.41) is 4.25. The third-order valence-electron chi connectivity index (χ3n) is 3.64. The molecule has 0 saturated carbocycles. The number of carbonyl (C=O) groups excluding carboxylic acids is 1. The molecule has 1 aromatic heterocycles. The number of hydrogen-bond donors (Lipinski definition) is 0. The maximum absolute atomic E-state index is 12.7. The smallest absolute Gasteiger partial charge is 0.190 e. The van der Waals surface area contributed by atoms with Gasteiger partial charge in [0.25, 0.3) is 0 Å². The lowest BCUT2D eigenvalue weighted by molar-refractivity contribution is 0.0679. The number of nitrogens with zero attached hydrogens (tertiary/aromatic N) is 2. The molecule has 0 bridgehead atoms. The second-order valence-electron chi connectivity index (χ2n) is 4.86. The van der Waals surface area contributed by atoms with E-state index in [2.05, 4.69) is 18.9 Å². The van der Waals surface area contributed by atoms with E-state index in [-0.39, 0.29) is 17.8 Å². The van der Waals surface area contributed by atoms with Crippen LogP contribution in [-0.4, -0.2) is 35.4 Å². The van der Waals surface area contributed by atoms with Crippen molar-refractivity contribution in [1.82, 2.24) is 9.78 Å². The van der Waals surface area contributed by atoms with Gasteiger partial charge in [-0.15, -0.1) is 0 Å². The van der Waals surface area contributed by atoms with E-state index in [0.29, 0.717) is 18.1 Å². The summed E-state index contributed by atoms with van der Waals surface area (Å²) in [6.45, 7) is 5.51. The van der Waals surface area contributed by atoms with Crippen molar-refractivity contribution in [3.63, 3.8) is 0 Å². The average molecular weight is 266 g/mol. The van der Waals surface area contributed by atoms with Crippen molar-refractivity contribution in [2.75, 3.05) is 13.7 Å². The molecule has 0 N–H and O–H groups in total. The van der Waals surface area contributed by atoms with Crippen molar-refractivity contribution in [3.8, 4) is 5.75 Å². The minimum Gasteiger partial charge on any atom is -0.493 e. The maximum Gasteiger partial charge on any atom is 0.190 e. The molecule has 0 spiro atoms. The van der Waals surface area contributed by atoms with Crippen molar-refractivity contribution in [2.45, 2.75) is 45.8 Å². The van der Waals surface area contributed by atoms with Crippen LogP contribution >= 0.6 is 0 Å². The summed E-state index contributed by atoms with van der Waals surface area (Å²) in [4.78, 5) is 12.7. The van der Waals surface area contributed by atoms with Gasteiger partial charge in [-0.3, -0.25) is 9.48 Å². The minimum atomic E-state index is -0.0637. The lowest BCUT2D eigenvalue weighted by Gasteiger charge is -2.16. The monoisotopic (exact) mass is 266 g/mol. The number of carbonyl (C=O) groups is 1. The molecule has 0 radical (unpaired) electrons. The first-order chi connectivity index (χ1) is 9.22. The number of ether oxygens (including phenoxy) is 2. The SMILES string of the molecule is CCCn1ncc(OC)c1C(=O)C1CCOC1CC. The van der Waals surface area contributed by atoms with E-state index < -0.39 is 0 Å². The van der Waals surface area contributed by atoms with Gasteiger partial charge >= 0.3 is 0 Å². The molecule has 2 unspecified atom stereocenters. The fourth-order valence-corrected chi connectivity index (χ4v) is 2.67. The summed E-state index contributed by atoms with van der Waals surface area (Å²) in [6.07, 6.45) is 4.24. The summed E-state index contributed by atoms with van der Waals surface area (Å²) in [6, 6.07) is 0. The van der Waals surface area contributed by atoms with Gasteiger partial charge in [0.1, 0.15) is 5.69 Å². The van der Waals surface area contributed by atoms with Crippen LogP contribution < -0.4 is 4.74 Å². The molecule has 2 atom stereocenters. The molecule has 1 aromatic rings. The van der Waals surface area contributed by atoms with E-state index in [1.807, 2.05) is 0 Å². The molecule has 1 fully saturated rings. The summed E-state index contributed by atoms with van der Waals surface area (Å²) in [5.41, 5.74) is 0.596. The molecule has 5 heteroatoms. The molecule has 1 aliphatic rings. The summed E-state index contributed by atoms with van der Waals surface area (Å²) < 4.78 is 12.6. The fraction of sp³-hybridized carbons (Fsp3) is 0.714. The number of methoxy groups -OCH3 is 1. The number of aryl methyl sites for hydroxylation is 1. The van der Waals surface area contributed by atoms with E-state index in [9.17, 15) is 4.79 Å². The number of Topliss-reactive ketones (excluding diaryl/α,β-unsaturated/α-hetero) is 1. The highest BCUT2D eigenvalue weighted by Crippen LogP contribution is 2.30. The van der Waals surface area contributed by atoms with Gasteiger partial charge in [-0.05, 0) is 19.3 Å². The van der Waals surface area contributed by atoms with Crippen LogP contribution in [0.1, 0.15) is 43.6 Å². The zero-order valence-corrected chi connectivity index (χ0v) is 11.9. The van der Waals surface area contributed by atoms with E-state index in [0.717, 1.165) is 25.8 Å². The fourth-order valence-electron chi connectivity index (χ4n) is 2.67. The largest absolute Gasteiger partial charge is 0.493 e. The van der Waals surface area contributed by atoms with Crippen molar-refractivity contribution < 1.29 is 14.3 Å². The van der Waals surface area contributed by atoms with Crippen molar-refractivity contribution >= 4 is 5.78 Å². The van der Waals surface area contributed by atoms with Crippen LogP contribution in [0, 0.1) is 5.92 Å². The van der Waals surface area contributed by atoms with Gasteiger partial charge in [-0.25, -0.2) is 0 Å². The van der Waals surface area contributed by atoms with Gasteiger partial charge < -0.3 is 9.47 Å². The Morgan fingerprint density at radius 2 is 2.37 bits per heavy atom. The normalized spacial score (nSPS) is 22.7. The highest BCUT2D eigenvalue weighted by Gasteiger charge is 2.36. The van der Waals surface area contributed by atoms with Gasteiger partial charge in [0.15, 0.2) is 11.5 Å². The predicted octanol–water partition coefficient (Wildman–Crippen LogP) is 2.30. The minimum absolute atomic E-state index is 0.0298. The van der Waals surface area contributed by atoms with Gasteiger partial charge in [-0.2, -0.15) is 5.10 Å². The van der Waals surface area contributed by atoms with Crippen LogP contribution in [-0.2, 0) is 11.3 Å². The van der Waals surface area contributed by atoms with Gasteiger partial charge in [0.2, 0.25) is 0 Å². The number of hydrogen-bond acceptors (Lipinski definition) is 4. The molecule has 5 nitrogen and oxygen atoms in total. The Hall–Kier alpha value is -1.36. The number of aromatic nitrogens is 2. The van der Waals surface area contributed by atoms with Gasteiger partial charge in [-0.1, -0.05) is 13.8 Å². The first-order valence-electron chi connectivity index (χ1n) is 6.98. The molecule has 106 valence electrons. The summed E-state index contributed by atoms with van der Waals surface area (Å²) in [5.74, 6) is 0.610. The van der Waals surface area contributed by atoms with Crippen LogP contribution in [0.25, 0.3) is 0 Å². The molecule has 1 aliphatic heterocycles. The lowest BCUT2D eigenvalue weighted by atomic mass is 9.92. The third kappa shape index (κ3) is 2.66. The second-order valence-corrected chi connectivity index (χ2v) is 4.86. The Bertz CT molecular complexity index is 442. The van der Waals surface area contributed by atoms with E-state index >= 15 is 0 Å². The molecule has 2 rings (SSSR count). The first-order valence-corrected chi connectivity index (χ1v) is 6.98. The number of rotatable bonds is 6. The zero-order valence-electron chi connectivity index (χ0n) is 11.9. The maximum atomic E-state index is 12.7. The van der Waals surface area contributed by atoms with E-state index in [1.54, 1.807) is 18.0 Å². The quantitative estimate of drug-likeness (QED) is 0.741. The van der Waals surface area contributed by atoms with Gasteiger partial charge in [0.05, 0.1) is 25.3 Å².